The fourth-order valence-electron chi connectivity index (χ4n) is 2.40. The topological polar surface area (TPSA) is 25.2 Å². The van der Waals surface area contributed by atoms with Gasteiger partial charge in [0.2, 0.25) is 0 Å². The maximum atomic E-state index is 6.21. The van der Waals surface area contributed by atoms with E-state index in [4.69, 9.17) is 16.0 Å². The molecule has 1 heterocycles. The molecule has 0 aliphatic heterocycles. The van der Waals surface area contributed by atoms with Crippen LogP contribution in [-0.4, -0.2) is 6.54 Å². The van der Waals surface area contributed by atoms with Crippen molar-refractivity contribution in [1.82, 2.24) is 5.32 Å². The van der Waals surface area contributed by atoms with E-state index in [2.05, 4.69) is 34.2 Å². The summed E-state index contributed by atoms with van der Waals surface area (Å²) in [5, 5.41) is 5.23. The molecule has 0 saturated heterocycles. The summed E-state index contributed by atoms with van der Waals surface area (Å²) in [6, 6.07) is 6.36. The molecule has 0 radical (unpaired) electrons. The summed E-state index contributed by atoms with van der Waals surface area (Å²) in [7, 11) is 0. The third-order valence-electron chi connectivity index (χ3n) is 3.38. The average molecular weight is 329 g/mol. The number of furan rings is 1. The lowest BCUT2D eigenvalue weighted by Crippen LogP contribution is -2.21. The molecule has 2 aromatic rings. The molecule has 1 aromatic carbocycles. The zero-order valence-corrected chi connectivity index (χ0v) is 12.5. The Balaban J connectivity index is 2.03. The van der Waals surface area contributed by atoms with Gasteiger partial charge in [0.1, 0.15) is 5.76 Å². The van der Waals surface area contributed by atoms with Crippen LogP contribution in [0.5, 0.6) is 0 Å². The molecule has 0 bridgehead atoms. The van der Waals surface area contributed by atoms with Crippen LogP contribution in [0.25, 0.3) is 11.0 Å². The van der Waals surface area contributed by atoms with Crippen LogP contribution in [-0.2, 0) is 0 Å². The molecular formula is C14H15BrClNO. The van der Waals surface area contributed by atoms with Gasteiger partial charge >= 0.3 is 0 Å². The first-order chi connectivity index (χ1) is 8.69. The Bertz CT molecular complexity index is 576. The molecular weight excluding hydrogens is 314 g/mol. The minimum absolute atomic E-state index is 0.331. The van der Waals surface area contributed by atoms with Crippen LogP contribution in [0.1, 0.15) is 31.6 Å². The van der Waals surface area contributed by atoms with E-state index in [9.17, 15) is 0 Å². The highest BCUT2D eigenvalue weighted by Gasteiger charge is 2.34. The molecule has 1 aliphatic carbocycles. The lowest BCUT2D eigenvalue weighted by atomic mass is 10.1. The first-order valence-electron chi connectivity index (χ1n) is 6.31. The van der Waals surface area contributed by atoms with Crippen LogP contribution in [0.15, 0.2) is 27.1 Å². The van der Waals surface area contributed by atoms with Crippen LogP contribution < -0.4 is 5.32 Å². The summed E-state index contributed by atoms with van der Waals surface area (Å²) in [4.78, 5) is 0. The van der Waals surface area contributed by atoms with Gasteiger partial charge in [0.25, 0.3) is 0 Å². The number of hydrogen-bond acceptors (Lipinski definition) is 2. The maximum Gasteiger partial charge on any atom is 0.153 e. The van der Waals surface area contributed by atoms with Gasteiger partial charge in [-0.05, 0) is 43.5 Å². The summed E-state index contributed by atoms with van der Waals surface area (Å²) in [5.74, 6) is 1.72. The normalized spacial score (nSPS) is 17.3. The summed E-state index contributed by atoms with van der Waals surface area (Å²) in [5.41, 5.74) is 0.790. The minimum Gasteiger partial charge on any atom is -0.458 e. The van der Waals surface area contributed by atoms with Crippen LogP contribution in [0.2, 0.25) is 5.02 Å². The van der Waals surface area contributed by atoms with Crippen LogP contribution >= 0.6 is 27.5 Å². The Morgan fingerprint density at radius 2 is 2.22 bits per heavy atom. The van der Waals surface area contributed by atoms with Gasteiger partial charge in [0.15, 0.2) is 5.58 Å². The molecule has 1 unspecified atom stereocenters. The summed E-state index contributed by atoms with van der Waals surface area (Å²) in [6.45, 7) is 3.08. The van der Waals surface area contributed by atoms with Crippen molar-refractivity contribution >= 4 is 38.5 Å². The molecule has 1 aromatic heterocycles. The van der Waals surface area contributed by atoms with Crippen LogP contribution in [0.3, 0.4) is 0 Å². The van der Waals surface area contributed by atoms with E-state index in [1.54, 1.807) is 0 Å². The predicted octanol–water partition coefficient (Wildman–Crippen LogP) is 4.91. The lowest BCUT2D eigenvalue weighted by molar-refractivity contribution is 0.403. The molecule has 3 rings (SSSR count). The van der Waals surface area contributed by atoms with E-state index in [-0.39, 0.29) is 0 Å². The predicted molar refractivity (Wildman–Crippen MR) is 78.1 cm³/mol. The van der Waals surface area contributed by atoms with E-state index in [1.807, 2.05) is 12.1 Å². The van der Waals surface area contributed by atoms with Crippen LogP contribution in [0.4, 0.5) is 0 Å². The molecule has 96 valence electrons. The lowest BCUT2D eigenvalue weighted by Gasteiger charge is -2.13. The number of rotatable bonds is 4. The second-order valence-electron chi connectivity index (χ2n) is 4.83. The second-order valence-corrected chi connectivity index (χ2v) is 6.15. The Kier molecular flexibility index (Phi) is 3.39. The maximum absolute atomic E-state index is 6.21. The molecule has 18 heavy (non-hydrogen) atoms. The molecule has 0 amide bonds. The SMILES string of the molecule is CCNC(c1cc2cc(Br)cc(Cl)c2o1)C1CC1. The minimum atomic E-state index is 0.331. The summed E-state index contributed by atoms with van der Waals surface area (Å²) in [6.07, 6.45) is 2.57. The van der Waals surface area contributed by atoms with E-state index in [0.717, 1.165) is 27.7 Å². The second kappa shape index (κ2) is 4.87. The van der Waals surface area contributed by atoms with Gasteiger partial charge in [0.05, 0.1) is 11.1 Å². The van der Waals surface area contributed by atoms with Crippen molar-refractivity contribution in [2.75, 3.05) is 6.54 Å². The number of fused-ring (bicyclic) bond motifs is 1. The third kappa shape index (κ3) is 2.31. The highest BCUT2D eigenvalue weighted by atomic mass is 79.9. The first kappa shape index (κ1) is 12.5. The van der Waals surface area contributed by atoms with Gasteiger partial charge in [-0.15, -0.1) is 0 Å². The highest BCUT2D eigenvalue weighted by Crippen LogP contribution is 2.43. The third-order valence-corrected chi connectivity index (χ3v) is 4.12. The zero-order chi connectivity index (χ0) is 12.7. The number of nitrogens with one attached hydrogen (secondary N) is 1. The number of benzene rings is 1. The number of hydrogen-bond donors (Lipinski definition) is 1. The fraction of sp³-hybridized carbons (Fsp3) is 0.429. The van der Waals surface area contributed by atoms with Crippen molar-refractivity contribution in [2.45, 2.75) is 25.8 Å². The van der Waals surface area contributed by atoms with Crippen molar-refractivity contribution < 1.29 is 4.42 Å². The standard InChI is InChI=1S/C14H15BrClNO/c1-2-17-13(8-3-4-8)12-6-9-5-10(15)7-11(16)14(9)18-12/h5-8,13,17H,2-4H2,1H3. The molecule has 1 saturated carbocycles. The highest BCUT2D eigenvalue weighted by molar-refractivity contribution is 9.10. The Labute approximate surface area is 120 Å². The molecule has 1 N–H and O–H groups in total. The van der Waals surface area contributed by atoms with Gasteiger partial charge in [-0.2, -0.15) is 0 Å². The smallest absolute Gasteiger partial charge is 0.153 e. The van der Waals surface area contributed by atoms with Crippen molar-refractivity contribution in [3.8, 4) is 0 Å². The molecule has 1 fully saturated rings. The molecule has 0 spiro atoms. The van der Waals surface area contributed by atoms with E-state index < -0.39 is 0 Å². The van der Waals surface area contributed by atoms with Crippen molar-refractivity contribution in [1.29, 1.82) is 0 Å². The molecule has 4 heteroatoms. The monoisotopic (exact) mass is 327 g/mol. The van der Waals surface area contributed by atoms with Gasteiger partial charge in [-0.25, -0.2) is 0 Å². The van der Waals surface area contributed by atoms with Crippen molar-refractivity contribution in [3.05, 3.63) is 33.5 Å². The van der Waals surface area contributed by atoms with E-state index >= 15 is 0 Å². The quantitative estimate of drug-likeness (QED) is 0.862. The van der Waals surface area contributed by atoms with E-state index in [1.165, 1.54) is 12.8 Å². The Hall–Kier alpha value is -0.510. The summed E-state index contributed by atoms with van der Waals surface area (Å²) >= 11 is 9.67. The van der Waals surface area contributed by atoms with Gasteiger partial charge in [-0.1, -0.05) is 34.5 Å². The summed E-state index contributed by atoms with van der Waals surface area (Å²) < 4.78 is 6.94. The van der Waals surface area contributed by atoms with E-state index in [0.29, 0.717) is 17.0 Å². The Morgan fingerprint density at radius 1 is 1.44 bits per heavy atom. The number of halogens is 2. The van der Waals surface area contributed by atoms with Gasteiger partial charge in [-0.3, -0.25) is 0 Å². The van der Waals surface area contributed by atoms with Gasteiger partial charge < -0.3 is 9.73 Å². The van der Waals surface area contributed by atoms with Crippen molar-refractivity contribution in [2.24, 2.45) is 5.92 Å². The van der Waals surface area contributed by atoms with Gasteiger partial charge in [0, 0.05) is 9.86 Å². The molecule has 1 aliphatic rings. The van der Waals surface area contributed by atoms with Crippen molar-refractivity contribution in [3.63, 3.8) is 0 Å². The molecule has 2 nitrogen and oxygen atoms in total. The van der Waals surface area contributed by atoms with Crippen LogP contribution in [0, 0.1) is 5.92 Å². The zero-order valence-electron chi connectivity index (χ0n) is 10.2. The Morgan fingerprint density at radius 3 is 2.89 bits per heavy atom. The fourth-order valence-corrected chi connectivity index (χ4v) is 3.27. The average Bonchev–Trinajstić information content (AvgIpc) is 3.06. The first-order valence-corrected chi connectivity index (χ1v) is 7.48. The molecule has 1 atom stereocenters. The largest absolute Gasteiger partial charge is 0.458 e.